The molecule has 126 valence electrons. The van der Waals surface area contributed by atoms with Crippen LogP contribution in [-0.2, 0) is 25.6 Å². The van der Waals surface area contributed by atoms with Gasteiger partial charge in [0.05, 0.1) is 18.3 Å². The fraction of sp³-hybridized carbons (Fsp3) is 0.647. The molecule has 0 saturated carbocycles. The molecule has 1 aromatic heterocycles. The summed E-state index contributed by atoms with van der Waals surface area (Å²) < 4.78 is 16.9. The highest BCUT2D eigenvalue weighted by Gasteiger charge is 2.46. The zero-order valence-corrected chi connectivity index (χ0v) is 13.7. The molecular weight excluding hydrogens is 296 g/mol. The highest BCUT2D eigenvalue weighted by molar-refractivity contribution is 5.78. The Bertz CT molecular complexity index is 551. The van der Waals surface area contributed by atoms with Crippen LogP contribution in [0.25, 0.3) is 0 Å². The van der Waals surface area contributed by atoms with Gasteiger partial charge in [0.15, 0.2) is 0 Å². The van der Waals surface area contributed by atoms with Crippen LogP contribution in [0.15, 0.2) is 18.2 Å². The summed E-state index contributed by atoms with van der Waals surface area (Å²) in [6.07, 6.45) is 1.78. The van der Waals surface area contributed by atoms with Crippen molar-refractivity contribution in [1.29, 1.82) is 0 Å². The summed E-state index contributed by atoms with van der Waals surface area (Å²) in [5.74, 6) is 0.00720. The number of carbonyl (C=O) groups excluding carboxylic acids is 1. The summed E-state index contributed by atoms with van der Waals surface area (Å²) in [4.78, 5) is 18.6. The lowest BCUT2D eigenvalue weighted by Crippen LogP contribution is -2.44. The Morgan fingerprint density at radius 3 is 3.13 bits per heavy atom. The maximum Gasteiger partial charge on any atom is 0.248 e. The van der Waals surface area contributed by atoms with Crippen LogP contribution in [0.3, 0.4) is 0 Å². The summed E-state index contributed by atoms with van der Waals surface area (Å²) in [5, 5.41) is 0. The van der Waals surface area contributed by atoms with E-state index in [1.54, 1.807) is 7.11 Å². The lowest BCUT2D eigenvalue weighted by molar-refractivity contribution is -0.138. The van der Waals surface area contributed by atoms with Crippen molar-refractivity contribution in [2.24, 2.45) is 0 Å². The molecule has 0 N–H and O–H groups in total. The number of hydrogen-bond donors (Lipinski definition) is 0. The largest absolute Gasteiger partial charge is 0.375 e. The molecule has 6 heteroatoms. The second-order valence-electron chi connectivity index (χ2n) is 6.14. The molecule has 3 rings (SSSR count). The van der Waals surface area contributed by atoms with Gasteiger partial charge in [-0.1, -0.05) is 6.07 Å². The third kappa shape index (κ3) is 3.71. The number of aromatic nitrogens is 1. The molecule has 3 heterocycles. The van der Waals surface area contributed by atoms with Gasteiger partial charge in [0, 0.05) is 26.0 Å². The van der Waals surface area contributed by atoms with Gasteiger partial charge in [-0.2, -0.15) is 0 Å². The Morgan fingerprint density at radius 2 is 2.35 bits per heavy atom. The lowest BCUT2D eigenvalue weighted by Gasteiger charge is -2.32. The molecule has 1 aromatic rings. The summed E-state index contributed by atoms with van der Waals surface area (Å²) in [6, 6.07) is 5.99. The molecule has 0 aromatic carbocycles. The zero-order valence-electron chi connectivity index (χ0n) is 13.7. The Morgan fingerprint density at radius 1 is 1.48 bits per heavy atom. The third-order valence-electron chi connectivity index (χ3n) is 4.46. The number of pyridine rings is 1. The predicted octanol–water partition coefficient (Wildman–Crippen LogP) is 1.31. The quantitative estimate of drug-likeness (QED) is 0.819. The van der Waals surface area contributed by atoms with Crippen molar-refractivity contribution in [3.05, 3.63) is 29.6 Å². The number of methoxy groups -OCH3 is 1. The maximum absolute atomic E-state index is 12.2. The number of ether oxygens (including phenoxy) is 3. The van der Waals surface area contributed by atoms with Gasteiger partial charge in [-0.25, -0.2) is 0 Å². The Hall–Kier alpha value is -1.50. The maximum atomic E-state index is 12.2. The summed E-state index contributed by atoms with van der Waals surface area (Å²) in [5.41, 5.74) is 1.88. The van der Waals surface area contributed by atoms with Gasteiger partial charge in [0.2, 0.25) is 5.91 Å². The lowest BCUT2D eigenvalue weighted by atomic mass is 10.0. The Balaban J connectivity index is 1.65. The molecule has 2 saturated heterocycles. The van der Waals surface area contributed by atoms with Crippen LogP contribution in [0, 0.1) is 6.92 Å². The molecule has 1 amide bonds. The van der Waals surface area contributed by atoms with Crippen LogP contribution >= 0.6 is 0 Å². The van der Waals surface area contributed by atoms with Gasteiger partial charge in [-0.3, -0.25) is 9.78 Å². The molecule has 23 heavy (non-hydrogen) atoms. The van der Waals surface area contributed by atoms with E-state index in [1.165, 1.54) is 0 Å². The van der Waals surface area contributed by atoms with E-state index < -0.39 is 0 Å². The summed E-state index contributed by atoms with van der Waals surface area (Å²) in [7, 11) is 1.54. The minimum Gasteiger partial charge on any atom is -0.375 e. The molecule has 0 aliphatic carbocycles. The van der Waals surface area contributed by atoms with Crippen LogP contribution in [-0.4, -0.2) is 60.9 Å². The van der Waals surface area contributed by atoms with Crippen LogP contribution < -0.4 is 0 Å². The number of aryl methyl sites for hydroxylation is 1. The minimum atomic E-state index is -0.108. The van der Waals surface area contributed by atoms with Crippen LogP contribution in [0.2, 0.25) is 0 Å². The first-order chi connectivity index (χ1) is 11.2. The van der Waals surface area contributed by atoms with E-state index >= 15 is 0 Å². The molecule has 0 unspecified atom stereocenters. The van der Waals surface area contributed by atoms with Gasteiger partial charge in [-0.05, 0) is 31.9 Å². The molecule has 2 aliphatic heterocycles. The van der Waals surface area contributed by atoms with E-state index in [0.29, 0.717) is 13.2 Å². The number of nitrogens with zero attached hydrogens (tertiary/aromatic N) is 2. The molecule has 3 atom stereocenters. The second-order valence-corrected chi connectivity index (χ2v) is 6.14. The van der Waals surface area contributed by atoms with Gasteiger partial charge < -0.3 is 19.1 Å². The smallest absolute Gasteiger partial charge is 0.248 e. The number of amides is 1. The van der Waals surface area contributed by atoms with Gasteiger partial charge in [-0.15, -0.1) is 0 Å². The number of fused-ring (bicyclic) bond motifs is 1. The van der Waals surface area contributed by atoms with E-state index in [4.69, 9.17) is 14.2 Å². The standard InChI is InChI=1S/C17H24N2O4/c1-12-5-3-6-13(18-12)10-23-15-9-19(16(20)11-21-2)14-7-4-8-22-17(14)15/h3,5-6,14-15,17H,4,7-11H2,1-2H3/t14-,15+,17+/m0/s1. The van der Waals surface area contributed by atoms with Crippen LogP contribution in [0.4, 0.5) is 0 Å². The molecule has 2 fully saturated rings. The predicted molar refractivity (Wildman–Crippen MR) is 83.9 cm³/mol. The van der Waals surface area contributed by atoms with E-state index in [2.05, 4.69) is 4.98 Å². The first kappa shape index (κ1) is 16.4. The molecule has 0 spiro atoms. The van der Waals surface area contributed by atoms with Crippen molar-refractivity contribution in [2.75, 3.05) is 26.9 Å². The molecule has 6 nitrogen and oxygen atoms in total. The molecular formula is C17H24N2O4. The van der Waals surface area contributed by atoms with Gasteiger partial charge >= 0.3 is 0 Å². The van der Waals surface area contributed by atoms with Crippen molar-refractivity contribution >= 4 is 5.91 Å². The summed E-state index contributed by atoms with van der Waals surface area (Å²) in [6.45, 7) is 3.80. The van der Waals surface area contributed by atoms with E-state index in [-0.39, 0.29) is 30.8 Å². The fourth-order valence-corrected chi connectivity index (χ4v) is 3.42. The third-order valence-corrected chi connectivity index (χ3v) is 4.46. The molecule has 0 radical (unpaired) electrons. The van der Waals surface area contributed by atoms with Gasteiger partial charge in [0.25, 0.3) is 0 Å². The molecule has 0 bridgehead atoms. The van der Waals surface area contributed by atoms with Crippen molar-refractivity contribution < 1.29 is 19.0 Å². The number of carbonyl (C=O) groups is 1. The minimum absolute atomic E-state index is 0.00720. The normalized spacial score (nSPS) is 27.0. The average molecular weight is 320 g/mol. The van der Waals surface area contributed by atoms with Crippen molar-refractivity contribution in [3.63, 3.8) is 0 Å². The zero-order chi connectivity index (χ0) is 16.2. The Labute approximate surface area is 136 Å². The summed E-state index contributed by atoms with van der Waals surface area (Å²) >= 11 is 0. The average Bonchev–Trinajstić information content (AvgIpc) is 2.92. The SMILES string of the molecule is COCC(=O)N1C[C@@H](OCc2cccc(C)n2)[C@@H]2OCCC[C@@H]21. The van der Waals surface area contributed by atoms with Crippen molar-refractivity contribution in [3.8, 4) is 0 Å². The first-order valence-electron chi connectivity index (χ1n) is 8.13. The van der Waals surface area contributed by atoms with Crippen LogP contribution in [0.1, 0.15) is 24.2 Å². The van der Waals surface area contributed by atoms with Gasteiger partial charge in [0.1, 0.15) is 18.8 Å². The topological polar surface area (TPSA) is 60.9 Å². The number of rotatable bonds is 5. The van der Waals surface area contributed by atoms with Crippen LogP contribution in [0.5, 0.6) is 0 Å². The van der Waals surface area contributed by atoms with E-state index in [1.807, 2.05) is 30.0 Å². The van der Waals surface area contributed by atoms with E-state index in [9.17, 15) is 4.79 Å². The number of likely N-dealkylation sites (tertiary alicyclic amines) is 1. The fourth-order valence-electron chi connectivity index (χ4n) is 3.42. The van der Waals surface area contributed by atoms with E-state index in [0.717, 1.165) is 30.8 Å². The highest BCUT2D eigenvalue weighted by Crippen LogP contribution is 2.31. The first-order valence-corrected chi connectivity index (χ1v) is 8.13. The number of hydrogen-bond acceptors (Lipinski definition) is 5. The monoisotopic (exact) mass is 320 g/mol. The molecule has 2 aliphatic rings. The highest BCUT2D eigenvalue weighted by atomic mass is 16.5. The van der Waals surface area contributed by atoms with Crippen molar-refractivity contribution in [1.82, 2.24) is 9.88 Å². The Kier molecular flexibility index (Phi) is 5.25. The second kappa shape index (κ2) is 7.38. The van der Waals surface area contributed by atoms with Crippen molar-refractivity contribution in [2.45, 2.75) is 44.6 Å².